The number of rotatable bonds is 17. The van der Waals surface area contributed by atoms with Gasteiger partial charge in [-0.25, -0.2) is 0 Å². The molecule has 3 unspecified atom stereocenters. The number of unbranched alkanes of at least 4 members (excludes halogenated alkanes) is 10. The van der Waals surface area contributed by atoms with E-state index in [1.807, 2.05) is 0 Å². The first-order valence-corrected chi connectivity index (χ1v) is 12.9. The van der Waals surface area contributed by atoms with E-state index < -0.39 is 5.97 Å². The topological polar surface area (TPSA) is 63.6 Å². The van der Waals surface area contributed by atoms with Crippen LogP contribution in [0, 0.1) is 17.8 Å². The van der Waals surface area contributed by atoms with Crippen molar-refractivity contribution in [2.24, 2.45) is 17.8 Å². The molecule has 0 amide bonds. The molecule has 30 heavy (non-hydrogen) atoms. The third-order valence-electron chi connectivity index (χ3n) is 6.50. The molecule has 4 nitrogen and oxygen atoms in total. The summed E-state index contributed by atoms with van der Waals surface area (Å²) >= 11 is 0. The lowest BCUT2D eigenvalue weighted by Crippen LogP contribution is -2.31. The lowest BCUT2D eigenvalue weighted by atomic mass is 9.81. The zero-order valence-corrected chi connectivity index (χ0v) is 20.0. The van der Waals surface area contributed by atoms with Gasteiger partial charge in [0.15, 0.2) is 0 Å². The first-order valence-electron chi connectivity index (χ1n) is 12.9. The number of carbonyl (C=O) groups is 2. The SMILES string of the molecule is CCCCCCCCCCCCCC(CC(C)C)OC(=O)C1CCCC(C(=O)O)C1. The van der Waals surface area contributed by atoms with Crippen LogP contribution in [0.1, 0.15) is 130 Å². The lowest BCUT2D eigenvalue weighted by Gasteiger charge is -2.28. The lowest BCUT2D eigenvalue weighted by molar-refractivity contribution is -0.158. The van der Waals surface area contributed by atoms with Gasteiger partial charge in [-0.3, -0.25) is 9.59 Å². The summed E-state index contributed by atoms with van der Waals surface area (Å²) in [4.78, 5) is 23.9. The van der Waals surface area contributed by atoms with Gasteiger partial charge < -0.3 is 9.84 Å². The molecule has 0 aromatic carbocycles. The molecule has 1 N–H and O–H groups in total. The van der Waals surface area contributed by atoms with Crippen molar-refractivity contribution in [3.8, 4) is 0 Å². The van der Waals surface area contributed by atoms with E-state index in [-0.39, 0.29) is 23.9 Å². The Balaban J connectivity index is 2.22. The molecule has 1 aliphatic carbocycles. The summed E-state index contributed by atoms with van der Waals surface area (Å²) in [5, 5.41) is 9.26. The Hall–Kier alpha value is -1.06. The maximum atomic E-state index is 12.6. The van der Waals surface area contributed by atoms with E-state index in [4.69, 9.17) is 4.74 Å². The van der Waals surface area contributed by atoms with Crippen LogP contribution in [0.2, 0.25) is 0 Å². The fourth-order valence-corrected chi connectivity index (χ4v) is 4.68. The second-order valence-electron chi connectivity index (χ2n) is 9.91. The van der Waals surface area contributed by atoms with Crippen molar-refractivity contribution < 1.29 is 19.4 Å². The highest BCUT2D eigenvalue weighted by atomic mass is 16.5. The third-order valence-corrected chi connectivity index (χ3v) is 6.50. The van der Waals surface area contributed by atoms with Crippen molar-refractivity contribution in [1.29, 1.82) is 0 Å². The molecule has 1 fully saturated rings. The third kappa shape index (κ3) is 12.6. The largest absolute Gasteiger partial charge is 0.481 e. The molecule has 0 spiro atoms. The van der Waals surface area contributed by atoms with Gasteiger partial charge in [0.05, 0.1) is 11.8 Å². The predicted molar refractivity (Wildman–Crippen MR) is 123 cm³/mol. The fourth-order valence-electron chi connectivity index (χ4n) is 4.68. The smallest absolute Gasteiger partial charge is 0.309 e. The van der Waals surface area contributed by atoms with Crippen molar-refractivity contribution in [2.75, 3.05) is 0 Å². The number of ether oxygens (including phenoxy) is 1. The number of hydrogen-bond acceptors (Lipinski definition) is 3. The minimum atomic E-state index is -0.771. The molecule has 0 radical (unpaired) electrons. The maximum Gasteiger partial charge on any atom is 0.309 e. The van der Waals surface area contributed by atoms with Gasteiger partial charge in [-0.05, 0) is 44.4 Å². The molecule has 0 aromatic rings. The molecule has 3 atom stereocenters. The summed E-state index contributed by atoms with van der Waals surface area (Å²) < 4.78 is 5.89. The fraction of sp³-hybridized carbons (Fsp3) is 0.923. The van der Waals surface area contributed by atoms with E-state index in [2.05, 4.69) is 20.8 Å². The summed E-state index contributed by atoms with van der Waals surface area (Å²) in [7, 11) is 0. The van der Waals surface area contributed by atoms with Crippen LogP contribution in [0.5, 0.6) is 0 Å². The van der Waals surface area contributed by atoms with Crippen LogP contribution >= 0.6 is 0 Å². The zero-order valence-electron chi connectivity index (χ0n) is 20.0. The molecule has 0 aliphatic heterocycles. The maximum absolute atomic E-state index is 12.6. The number of hydrogen-bond donors (Lipinski definition) is 1. The van der Waals surface area contributed by atoms with E-state index in [0.29, 0.717) is 18.8 Å². The van der Waals surface area contributed by atoms with Crippen molar-refractivity contribution in [3.05, 3.63) is 0 Å². The van der Waals surface area contributed by atoms with E-state index in [9.17, 15) is 14.7 Å². The molecule has 0 heterocycles. The number of esters is 1. The Kier molecular flexibility index (Phi) is 14.9. The van der Waals surface area contributed by atoms with Crippen molar-refractivity contribution in [3.63, 3.8) is 0 Å². The average molecular weight is 425 g/mol. The van der Waals surface area contributed by atoms with Crippen LogP contribution in [-0.2, 0) is 14.3 Å². The molecule has 0 saturated heterocycles. The highest BCUT2D eigenvalue weighted by Crippen LogP contribution is 2.31. The minimum Gasteiger partial charge on any atom is -0.481 e. The van der Waals surface area contributed by atoms with Crippen LogP contribution in [0.15, 0.2) is 0 Å². The van der Waals surface area contributed by atoms with Crippen molar-refractivity contribution in [1.82, 2.24) is 0 Å². The molecular weight excluding hydrogens is 376 g/mol. The number of carboxylic acid groups (broad SMARTS) is 1. The molecule has 4 heteroatoms. The molecule has 0 bridgehead atoms. The van der Waals surface area contributed by atoms with E-state index >= 15 is 0 Å². The summed E-state index contributed by atoms with van der Waals surface area (Å²) in [6, 6.07) is 0. The van der Waals surface area contributed by atoms with Crippen LogP contribution in [0.25, 0.3) is 0 Å². The van der Waals surface area contributed by atoms with Crippen molar-refractivity contribution >= 4 is 11.9 Å². The first-order chi connectivity index (χ1) is 14.4. The Morgan fingerprint density at radius 3 is 1.93 bits per heavy atom. The highest BCUT2D eigenvalue weighted by Gasteiger charge is 2.33. The van der Waals surface area contributed by atoms with Gasteiger partial charge in [-0.2, -0.15) is 0 Å². The zero-order chi connectivity index (χ0) is 22.2. The molecule has 1 saturated carbocycles. The van der Waals surface area contributed by atoms with Crippen molar-refractivity contribution in [2.45, 2.75) is 136 Å². The predicted octanol–water partition coefficient (Wildman–Crippen LogP) is 7.54. The molecule has 176 valence electrons. The van der Waals surface area contributed by atoms with Gasteiger partial charge in [0.25, 0.3) is 0 Å². The van der Waals surface area contributed by atoms with Gasteiger partial charge in [-0.15, -0.1) is 0 Å². The van der Waals surface area contributed by atoms with Crippen LogP contribution in [0.4, 0.5) is 0 Å². The summed E-state index contributed by atoms with van der Waals surface area (Å²) in [6.07, 6.45) is 19.1. The highest BCUT2D eigenvalue weighted by molar-refractivity contribution is 5.75. The molecular formula is C26H48O4. The van der Waals surface area contributed by atoms with Gasteiger partial charge in [0.1, 0.15) is 6.10 Å². The summed E-state index contributed by atoms with van der Waals surface area (Å²) in [5.74, 6) is -1.05. The first kappa shape index (κ1) is 27.0. The van der Waals surface area contributed by atoms with Gasteiger partial charge in [0, 0.05) is 0 Å². The van der Waals surface area contributed by atoms with Gasteiger partial charge in [-0.1, -0.05) is 91.4 Å². The van der Waals surface area contributed by atoms with E-state index in [1.165, 1.54) is 64.2 Å². The van der Waals surface area contributed by atoms with Crippen LogP contribution < -0.4 is 0 Å². The summed E-state index contributed by atoms with van der Waals surface area (Å²) in [5.41, 5.74) is 0. The Labute approximate surface area is 185 Å². The van der Waals surface area contributed by atoms with E-state index in [1.54, 1.807) is 0 Å². The number of carboxylic acids is 1. The standard InChI is InChI=1S/C26H48O4/c1-4-5-6-7-8-9-10-11-12-13-14-18-24(19-21(2)3)30-26(29)23-17-15-16-22(20-23)25(27)28/h21-24H,4-20H2,1-3H3,(H,27,28). The second kappa shape index (κ2) is 16.6. The van der Waals surface area contributed by atoms with E-state index in [0.717, 1.165) is 32.1 Å². The monoisotopic (exact) mass is 424 g/mol. The number of aliphatic carboxylic acids is 1. The second-order valence-corrected chi connectivity index (χ2v) is 9.91. The number of carbonyl (C=O) groups excluding carboxylic acids is 1. The van der Waals surface area contributed by atoms with Crippen LogP contribution in [-0.4, -0.2) is 23.1 Å². The average Bonchev–Trinajstić information content (AvgIpc) is 2.71. The normalized spacial score (nSPS) is 20.3. The molecule has 0 aromatic heterocycles. The minimum absolute atomic E-state index is 0.0127. The molecule has 1 rings (SSSR count). The van der Waals surface area contributed by atoms with Gasteiger partial charge in [0.2, 0.25) is 0 Å². The quantitative estimate of drug-likeness (QED) is 0.193. The Bertz CT molecular complexity index is 460. The van der Waals surface area contributed by atoms with Gasteiger partial charge >= 0.3 is 11.9 Å². The van der Waals surface area contributed by atoms with Crippen LogP contribution in [0.3, 0.4) is 0 Å². The Morgan fingerprint density at radius 2 is 1.40 bits per heavy atom. The summed E-state index contributed by atoms with van der Waals surface area (Å²) in [6.45, 7) is 6.60. The molecule has 1 aliphatic rings. The Morgan fingerprint density at radius 1 is 0.867 bits per heavy atom.